The molecule has 1 unspecified atom stereocenters. The van der Waals surface area contributed by atoms with E-state index in [-0.39, 0.29) is 6.10 Å². The summed E-state index contributed by atoms with van der Waals surface area (Å²) in [5, 5.41) is 12.0. The van der Waals surface area contributed by atoms with E-state index in [2.05, 4.69) is 4.90 Å². The summed E-state index contributed by atoms with van der Waals surface area (Å²) < 4.78 is 32.9. The number of hydrogen-bond donors (Lipinski definition) is 1. The minimum atomic E-state index is -3.51. The van der Waals surface area contributed by atoms with E-state index in [9.17, 15) is 13.5 Å². The Bertz CT molecular complexity index is 861. The monoisotopic (exact) mass is 392 g/mol. The molecule has 1 saturated heterocycles. The zero-order chi connectivity index (χ0) is 19.4. The van der Waals surface area contributed by atoms with Gasteiger partial charge >= 0.3 is 0 Å². The Kier molecular flexibility index (Phi) is 6.49. The molecule has 3 rings (SSSR count). The van der Waals surface area contributed by atoms with E-state index in [4.69, 9.17) is 4.74 Å². The van der Waals surface area contributed by atoms with Crippen LogP contribution in [0.4, 0.5) is 0 Å². The van der Waals surface area contributed by atoms with Crippen molar-refractivity contribution in [3.63, 3.8) is 0 Å². The summed E-state index contributed by atoms with van der Waals surface area (Å²) in [7, 11) is -3.51. The molecule has 1 N–H and O–H groups in total. The summed E-state index contributed by atoms with van der Waals surface area (Å²) >= 11 is 0. The van der Waals surface area contributed by atoms with Gasteiger partial charge in [-0.2, -0.15) is 4.31 Å². The number of piperazine rings is 1. The maximum Gasteiger partial charge on any atom is 0.243 e. The van der Waals surface area contributed by atoms with Crippen molar-refractivity contribution in [2.45, 2.75) is 31.0 Å². The van der Waals surface area contributed by atoms with E-state index >= 15 is 0 Å². The Morgan fingerprint density at radius 1 is 1.04 bits per heavy atom. The Labute approximate surface area is 161 Å². The van der Waals surface area contributed by atoms with E-state index in [1.807, 2.05) is 44.2 Å². The van der Waals surface area contributed by atoms with Gasteiger partial charge in [-0.15, -0.1) is 0 Å². The fourth-order valence-corrected chi connectivity index (χ4v) is 4.74. The van der Waals surface area contributed by atoms with Gasteiger partial charge in [-0.3, -0.25) is 4.90 Å². The molecule has 6 nitrogen and oxygen atoms in total. The summed E-state index contributed by atoms with van der Waals surface area (Å²) in [4.78, 5) is 2.42. The fraction of sp³-hybridized carbons (Fsp3) is 0.500. The molecular weight excluding hydrogens is 364 g/mol. The Morgan fingerprint density at radius 2 is 1.70 bits per heavy atom. The average molecular weight is 393 g/mol. The number of aliphatic hydroxyl groups excluding tert-OH is 1. The SMILES string of the molecule is CC(C)OCC(O)CN1CCN(S(=O)(=O)c2ccc3ccccc3c2)CC1. The predicted molar refractivity (Wildman–Crippen MR) is 106 cm³/mol. The van der Waals surface area contributed by atoms with E-state index in [0.29, 0.717) is 44.2 Å². The van der Waals surface area contributed by atoms with Crippen LogP contribution < -0.4 is 0 Å². The summed E-state index contributed by atoms with van der Waals surface area (Å²) in [6.07, 6.45) is -0.473. The third-order valence-electron chi connectivity index (χ3n) is 4.78. The van der Waals surface area contributed by atoms with Crippen molar-refractivity contribution < 1.29 is 18.3 Å². The summed E-state index contributed by atoms with van der Waals surface area (Å²) in [6, 6.07) is 13.0. The van der Waals surface area contributed by atoms with Crippen LogP contribution in [0.2, 0.25) is 0 Å². The molecule has 1 fully saturated rings. The van der Waals surface area contributed by atoms with Crippen LogP contribution in [0, 0.1) is 0 Å². The molecule has 2 aromatic carbocycles. The first kappa shape index (κ1) is 20.2. The number of rotatable bonds is 7. The van der Waals surface area contributed by atoms with Crippen molar-refractivity contribution in [3.8, 4) is 0 Å². The van der Waals surface area contributed by atoms with Crippen molar-refractivity contribution in [3.05, 3.63) is 42.5 Å². The van der Waals surface area contributed by atoms with Crippen molar-refractivity contribution in [1.29, 1.82) is 0 Å². The average Bonchev–Trinajstić information content (AvgIpc) is 2.66. The first-order valence-corrected chi connectivity index (χ1v) is 10.8. The second kappa shape index (κ2) is 8.67. The number of benzene rings is 2. The molecule has 27 heavy (non-hydrogen) atoms. The molecule has 0 saturated carbocycles. The standard InChI is InChI=1S/C20H28N2O4S/c1-16(2)26-15-19(23)14-21-9-11-22(12-10-21)27(24,25)20-8-7-17-5-3-4-6-18(17)13-20/h3-8,13,16,19,23H,9-12,14-15H2,1-2H3. The van der Waals surface area contributed by atoms with Gasteiger partial charge in [-0.1, -0.05) is 30.3 Å². The Balaban J connectivity index is 1.60. The number of aliphatic hydroxyl groups is 1. The van der Waals surface area contributed by atoms with Gasteiger partial charge in [0.25, 0.3) is 0 Å². The maximum absolute atomic E-state index is 13.0. The van der Waals surface area contributed by atoms with Crippen LogP contribution in [0.5, 0.6) is 0 Å². The molecule has 7 heteroatoms. The molecule has 0 bridgehead atoms. The highest BCUT2D eigenvalue weighted by Gasteiger charge is 2.29. The van der Waals surface area contributed by atoms with Crippen molar-refractivity contribution in [2.75, 3.05) is 39.3 Å². The number of β-amino-alcohol motifs (C(OH)–C–C–N with tert-alkyl or cyclic N) is 1. The van der Waals surface area contributed by atoms with Crippen molar-refractivity contribution in [2.24, 2.45) is 0 Å². The third-order valence-corrected chi connectivity index (χ3v) is 6.68. The van der Waals surface area contributed by atoms with Crippen LogP contribution in [0.3, 0.4) is 0 Å². The van der Waals surface area contributed by atoms with Gasteiger partial charge in [0.05, 0.1) is 23.7 Å². The fourth-order valence-electron chi connectivity index (χ4n) is 3.28. The van der Waals surface area contributed by atoms with Crippen LogP contribution in [0.1, 0.15) is 13.8 Å². The zero-order valence-electron chi connectivity index (χ0n) is 15.9. The smallest absolute Gasteiger partial charge is 0.243 e. The Morgan fingerprint density at radius 3 is 2.37 bits per heavy atom. The highest BCUT2D eigenvalue weighted by atomic mass is 32.2. The molecule has 1 atom stereocenters. The molecule has 1 aliphatic heterocycles. The van der Waals surface area contributed by atoms with Crippen LogP contribution in [-0.4, -0.2) is 74.3 Å². The molecule has 0 amide bonds. The normalized spacial score (nSPS) is 18.2. The van der Waals surface area contributed by atoms with Crippen molar-refractivity contribution >= 4 is 20.8 Å². The number of sulfonamides is 1. The number of ether oxygens (including phenoxy) is 1. The van der Waals surface area contributed by atoms with Crippen LogP contribution in [0.25, 0.3) is 10.8 Å². The van der Waals surface area contributed by atoms with E-state index < -0.39 is 16.1 Å². The van der Waals surface area contributed by atoms with Gasteiger partial charge < -0.3 is 9.84 Å². The molecule has 1 aliphatic rings. The van der Waals surface area contributed by atoms with E-state index in [1.54, 1.807) is 12.1 Å². The second-order valence-electron chi connectivity index (χ2n) is 7.25. The predicted octanol–water partition coefficient (Wildman–Crippen LogP) is 1.93. The zero-order valence-corrected chi connectivity index (χ0v) is 16.7. The van der Waals surface area contributed by atoms with Gasteiger partial charge in [0, 0.05) is 32.7 Å². The molecule has 2 aromatic rings. The first-order valence-electron chi connectivity index (χ1n) is 9.37. The second-order valence-corrected chi connectivity index (χ2v) is 9.19. The largest absolute Gasteiger partial charge is 0.389 e. The molecular formula is C20H28N2O4S. The number of hydrogen-bond acceptors (Lipinski definition) is 5. The highest BCUT2D eigenvalue weighted by Crippen LogP contribution is 2.22. The van der Waals surface area contributed by atoms with E-state index in [0.717, 1.165) is 10.8 Å². The van der Waals surface area contributed by atoms with E-state index in [1.165, 1.54) is 4.31 Å². The summed E-state index contributed by atoms with van der Waals surface area (Å²) in [5.41, 5.74) is 0. The van der Waals surface area contributed by atoms with Gasteiger partial charge in [-0.25, -0.2) is 8.42 Å². The lowest BCUT2D eigenvalue weighted by atomic mass is 10.1. The topological polar surface area (TPSA) is 70.1 Å². The van der Waals surface area contributed by atoms with Crippen LogP contribution in [-0.2, 0) is 14.8 Å². The molecule has 0 radical (unpaired) electrons. The quantitative estimate of drug-likeness (QED) is 0.780. The molecule has 1 heterocycles. The summed E-state index contributed by atoms with van der Waals surface area (Å²) in [6.45, 7) is 6.72. The lowest BCUT2D eigenvalue weighted by Gasteiger charge is -2.35. The van der Waals surface area contributed by atoms with Crippen molar-refractivity contribution in [1.82, 2.24) is 9.21 Å². The van der Waals surface area contributed by atoms with Gasteiger partial charge in [0.1, 0.15) is 0 Å². The minimum absolute atomic E-state index is 0.0867. The van der Waals surface area contributed by atoms with Gasteiger partial charge in [0.15, 0.2) is 0 Å². The molecule has 0 aromatic heterocycles. The van der Waals surface area contributed by atoms with Crippen LogP contribution >= 0.6 is 0 Å². The molecule has 148 valence electrons. The number of nitrogens with zero attached hydrogens (tertiary/aromatic N) is 2. The van der Waals surface area contributed by atoms with Gasteiger partial charge in [0.2, 0.25) is 10.0 Å². The molecule has 0 spiro atoms. The Hall–Kier alpha value is -1.51. The lowest BCUT2D eigenvalue weighted by Crippen LogP contribution is -2.50. The number of fused-ring (bicyclic) bond motifs is 1. The molecule has 0 aliphatic carbocycles. The van der Waals surface area contributed by atoms with Crippen LogP contribution in [0.15, 0.2) is 47.4 Å². The lowest BCUT2D eigenvalue weighted by molar-refractivity contribution is -0.0117. The highest BCUT2D eigenvalue weighted by molar-refractivity contribution is 7.89. The first-order chi connectivity index (χ1) is 12.9. The maximum atomic E-state index is 13.0. The summed E-state index contributed by atoms with van der Waals surface area (Å²) in [5.74, 6) is 0. The van der Waals surface area contributed by atoms with Gasteiger partial charge in [-0.05, 0) is 36.8 Å². The third kappa shape index (κ3) is 5.06. The minimum Gasteiger partial charge on any atom is -0.389 e.